The second-order valence-electron chi connectivity index (χ2n) is 3.93. The first-order chi connectivity index (χ1) is 7.69. The number of aromatic nitrogens is 1. The summed E-state index contributed by atoms with van der Waals surface area (Å²) in [6, 6.07) is 6.24. The quantitative estimate of drug-likeness (QED) is 0.757. The molecule has 0 radical (unpaired) electrons. The van der Waals surface area contributed by atoms with Crippen LogP contribution in [0.2, 0.25) is 0 Å². The monoisotopic (exact) mass is 269 g/mol. The Morgan fingerprint density at radius 3 is 2.94 bits per heavy atom. The van der Waals surface area contributed by atoms with Crippen molar-refractivity contribution in [3.63, 3.8) is 0 Å². The predicted molar refractivity (Wildman–Crippen MR) is 78.5 cm³/mol. The third kappa shape index (κ3) is 2.15. The molecule has 0 aliphatic carbocycles. The van der Waals surface area contributed by atoms with Gasteiger partial charge in [0.25, 0.3) is 0 Å². The van der Waals surface area contributed by atoms with E-state index in [2.05, 4.69) is 23.4 Å². The molecular formula is C12H15NS3. The van der Waals surface area contributed by atoms with E-state index in [1.54, 1.807) is 11.8 Å². The highest BCUT2D eigenvalue weighted by Gasteiger charge is 2.41. The van der Waals surface area contributed by atoms with E-state index >= 15 is 0 Å². The molecule has 0 amide bonds. The number of thiocarbonyl (C=S) groups is 1. The van der Waals surface area contributed by atoms with Crippen LogP contribution in [0.1, 0.15) is 24.2 Å². The Morgan fingerprint density at radius 2 is 2.38 bits per heavy atom. The zero-order chi connectivity index (χ0) is 11.6. The predicted octanol–water partition coefficient (Wildman–Crippen LogP) is 3.80. The molecule has 16 heavy (non-hydrogen) atoms. The summed E-state index contributed by atoms with van der Waals surface area (Å²) in [5, 5.41) is 0. The van der Waals surface area contributed by atoms with Crippen LogP contribution in [0.4, 0.5) is 0 Å². The normalized spacial score (nSPS) is 24.6. The maximum Gasteiger partial charge on any atom is 0.0988 e. The Hall–Kier alpha value is -0.0600. The Bertz CT molecular complexity index is 397. The molecule has 4 heteroatoms. The summed E-state index contributed by atoms with van der Waals surface area (Å²) >= 11 is 9.21. The Labute approximate surface area is 111 Å². The van der Waals surface area contributed by atoms with Crippen LogP contribution in [0.15, 0.2) is 18.2 Å². The van der Waals surface area contributed by atoms with Crippen LogP contribution in [-0.4, -0.2) is 21.2 Å². The van der Waals surface area contributed by atoms with Gasteiger partial charge >= 0.3 is 0 Å². The number of hydrogen-bond acceptors (Lipinski definition) is 4. The van der Waals surface area contributed by atoms with E-state index in [1.807, 2.05) is 24.8 Å². The molecule has 0 spiro atoms. The van der Waals surface area contributed by atoms with Crippen molar-refractivity contribution in [1.29, 1.82) is 0 Å². The van der Waals surface area contributed by atoms with E-state index in [0.29, 0.717) is 0 Å². The second-order valence-corrected chi connectivity index (χ2v) is 6.81. The van der Waals surface area contributed by atoms with Gasteiger partial charge in [-0.05, 0) is 43.9 Å². The smallest absolute Gasteiger partial charge is 0.0988 e. The van der Waals surface area contributed by atoms with Gasteiger partial charge in [-0.2, -0.15) is 0 Å². The highest BCUT2D eigenvalue weighted by atomic mass is 32.2. The molecule has 1 aliphatic rings. The van der Waals surface area contributed by atoms with E-state index in [-0.39, 0.29) is 4.75 Å². The number of aryl methyl sites for hydroxylation is 1. The summed E-state index contributed by atoms with van der Waals surface area (Å²) in [4.78, 5) is 4.67. The number of nitrogens with zero attached hydrogens (tertiary/aromatic N) is 1. The zero-order valence-corrected chi connectivity index (χ0v) is 12.0. The van der Waals surface area contributed by atoms with Crippen molar-refractivity contribution in [1.82, 2.24) is 4.98 Å². The molecule has 2 heterocycles. The van der Waals surface area contributed by atoms with E-state index in [4.69, 9.17) is 12.2 Å². The summed E-state index contributed by atoms with van der Waals surface area (Å²) in [5.74, 6) is 1.19. The van der Waals surface area contributed by atoms with Gasteiger partial charge in [-0.3, -0.25) is 4.98 Å². The first-order valence-electron chi connectivity index (χ1n) is 5.35. The molecule has 1 aromatic rings. The molecule has 0 aromatic carbocycles. The van der Waals surface area contributed by atoms with Crippen LogP contribution in [-0.2, 0) is 4.75 Å². The first-order valence-corrected chi connectivity index (χ1v) is 7.97. The fourth-order valence-electron chi connectivity index (χ4n) is 2.04. The van der Waals surface area contributed by atoms with Crippen LogP contribution >= 0.6 is 35.7 Å². The number of hydrogen-bond donors (Lipinski definition) is 0. The Kier molecular flexibility index (Phi) is 3.93. The summed E-state index contributed by atoms with van der Waals surface area (Å²) in [6.45, 7) is 2.04. The van der Waals surface area contributed by atoms with Crippen molar-refractivity contribution >= 4 is 39.9 Å². The van der Waals surface area contributed by atoms with Gasteiger partial charge < -0.3 is 0 Å². The zero-order valence-electron chi connectivity index (χ0n) is 9.53. The summed E-state index contributed by atoms with van der Waals surface area (Å²) in [6.07, 6.45) is 4.44. The lowest BCUT2D eigenvalue weighted by Crippen LogP contribution is -2.27. The fourth-order valence-corrected chi connectivity index (χ4v) is 4.69. The van der Waals surface area contributed by atoms with E-state index in [1.165, 1.54) is 12.2 Å². The summed E-state index contributed by atoms with van der Waals surface area (Å²) < 4.78 is 1.06. The third-order valence-corrected chi connectivity index (χ3v) is 6.27. The van der Waals surface area contributed by atoms with Crippen LogP contribution in [0.25, 0.3) is 0 Å². The lowest BCUT2D eigenvalue weighted by molar-refractivity contribution is 0.730. The molecular weight excluding hydrogens is 254 g/mol. The van der Waals surface area contributed by atoms with Gasteiger partial charge in [-0.15, -0.1) is 23.5 Å². The molecule has 1 fully saturated rings. The molecule has 86 valence electrons. The minimum absolute atomic E-state index is 0.0131. The molecule has 1 nitrogen and oxygen atoms in total. The van der Waals surface area contributed by atoms with Crippen LogP contribution < -0.4 is 0 Å². The molecule has 1 saturated heterocycles. The van der Waals surface area contributed by atoms with Crippen LogP contribution in [0.3, 0.4) is 0 Å². The van der Waals surface area contributed by atoms with E-state index < -0.39 is 0 Å². The van der Waals surface area contributed by atoms with Gasteiger partial charge in [0, 0.05) is 5.69 Å². The van der Waals surface area contributed by atoms with Crippen molar-refractivity contribution in [3.8, 4) is 0 Å². The van der Waals surface area contributed by atoms with Crippen molar-refractivity contribution in [2.45, 2.75) is 24.5 Å². The number of pyridine rings is 1. The van der Waals surface area contributed by atoms with Crippen molar-refractivity contribution in [3.05, 3.63) is 29.6 Å². The largest absolute Gasteiger partial charge is 0.256 e. The standard InChI is InChI=1S/C12H15NS3/c1-9-5-3-6-10(13-9)12(11(14)15-2)7-4-8-16-12/h3,5-6H,4,7-8H2,1-2H3. The van der Waals surface area contributed by atoms with Gasteiger partial charge in [0.1, 0.15) is 0 Å². The molecule has 2 rings (SSSR count). The second kappa shape index (κ2) is 5.07. The van der Waals surface area contributed by atoms with Crippen LogP contribution in [0.5, 0.6) is 0 Å². The average Bonchev–Trinajstić information content (AvgIpc) is 2.78. The van der Waals surface area contributed by atoms with Gasteiger partial charge in [0.15, 0.2) is 0 Å². The average molecular weight is 269 g/mol. The molecule has 1 aliphatic heterocycles. The maximum atomic E-state index is 5.55. The summed E-state index contributed by atoms with van der Waals surface area (Å²) in [7, 11) is 0. The Balaban J connectivity index is 2.43. The first kappa shape index (κ1) is 12.4. The highest BCUT2D eigenvalue weighted by molar-refractivity contribution is 8.24. The number of thioether (sulfide) groups is 2. The molecule has 0 saturated carbocycles. The fraction of sp³-hybridized carbons (Fsp3) is 0.500. The summed E-state index contributed by atoms with van der Waals surface area (Å²) in [5.41, 5.74) is 2.22. The van der Waals surface area contributed by atoms with Crippen molar-refractivity contribution in [2.75, 3.05) is 12.0 Å². The SMILES string of the molecule is CSC(=S)C1(c2cccc(C)n2)CCCS1. The molecule has 1 unspecified atom stereocenters. The van der Waals surface area contributed by atoms with Crippen molar-refractivity contribution < 1.29 is 0 Å². The van der Waals surface area contributed by atoms with Gasteiger partial charge in [-0.1, -0.05) is 18.3 Å². The molecule has 0 N–H and O–H groups in total. The Morgan fingerprint density at radius 1 is 1.56 bits per heavy atom. The molecule has 0 bridgehead atoms. The van der Waals surface area contributed by atoms with E-state index in [0.717, 1.165) is 22.0 Å². The topological polar surface area (TPSA) is 12.9 Å². The van der Waals surface area contributed by atoms with Gasteiger partial charge in [0.05, 0.1) is 14.6 Å². The van der Waals surface area contributed by atoms with Gasteiger partial charge in [-0.25, -0.2) is 0 Å². The number of rotatable bonds is 2. The minimum atomic E-state index is -0.0131. The van der Waals surface area contributed by atoms with Crippen LogP contribution in [0, 0.1) is 6.92 Å². The highest BCUT2D eigenvalue weighted by Crippen LogP contribution is 2.49. The third-order valence-electron chi connectivity index (χ3n) is 2.84. The van der Waals surface area contributed by atoms with E-state index in [9.17, 15) is 0 Å². The maximum absolute atomic E-state index is 5.55. The van der Waals surface area contributed by atoms with Gasteiger partial charge in [0.2, 0.25) is 0 Å². The minimum Gasteiger partial charge on any atom is -0.256 e. The lowest BCUT2D eigenvalue weighted by atomic mass is 10.00. The molecule has 1 aromatic heterocycles. The lowest BCUT2D eigenvalue weighted by Gasteiger charge is -2.27. The molecule has 1 atom stereocenters. The van der Waals surface area contributed by atoms with Crippen molar-refractivity contribution in [2.24, 2.45) is 0 Å².